The number of fused-ring (bicyclic) bond motifs is 1. The number of carbonyl (C=O) groups is 1. The monoisotopic (exact) mass is 377 g/mol. The molecule has 0 aliphatic rings. The van der Waals surface area contributed by atoms with E-state index in [9.17, 15) is 4.79 Å². The average Bonchev–Trinajstić information content (AvgIpc) is 3.34. The number of ether oxygens (including phenoxy) is 1. The molecule has 27 heavy (non-hydrogen) atoms. The van der Waals surface area contributed by atoms with Crippen molar-refractivity contribution in [3.8, 4) is 11.4 Å². The lowest BCUT2D eigenvalue weighted by Crippen LogP contribution is -2.14. The minimum absolute atomic E-state index is 0.0812. The van der Waals surface area contributed by atoms with Gasteiger partial charge in [-0.3, -0.25) is 9.36 Å². The minimum Gasteiger partial charge on any atom is -0.497 e. The van der Waals surface area contributed by atoms with Gasteiger partial charge in [-0.05, 0) is 25.1 Å². The number of benzene rings is 2. The molecule has 0 amide bonds. The summed E-state index contributed by atoms with van der Waals surface area (Å²) in [7, 11) is 1.64. The second kappa shape index (κ2) is 7.32. The van der Waals surface area contributed by atoms with E-state index in [0.717, 1.165) is 27.5 Å². The van der Waals surface area contributed by atoms with Gasteiger partial charge in [0.2, 0.25) is 0 Å². The Morgan fingerprint density at radius 2 is 2.07 bits per heavy atom. The predicted molar refractivity (Wildman–Crippen MR) is 108 cm³/mol. The third-order valence-corrected chi connectivity index (χ3v) is 5.52. The van der Waals surface area contributed by atoms with Crippen LogP contribution >= 0.6 is 11.8 Å². The quantitative estimate of drug-likeness (QED) is 0.390. The smallest absolute Gasteiger partial charge is 0.178 e. The van der Waals surface area contributed by atoms with E-state index in [4.69, 9.17) is 4.74 Å². The highest BCUT2D eigenvalue weighted by Gasteiger charge is 2.21. The van der Waals surface area contributed by atoms with Crippen LogP contribution in [-0.2, 0) is 0 Å². The number of nitrogens with one attached hydrogen (secondary N) is 1. The maximum absolute atomic E-state index is 13.0. The number of nitrogens with zero attached hydrogens (tertiary/aromatic N) is 2. The molecule has 0 unspecified atom stereocenters. The summed E-state index contributed by atoms with van der Waals surface area (Å²) in [6, 6.07) is 15.6. The van der Waals surface area contributed by atoms with Gasteiger partial charge in [0.25, 0.3) is 0 Å². The van der Waals surface area contributed by atoms with Crippen LogP contribution in [0.5, 0.6) is 5.75 Å². The van der Waals surface area contributed by atoms with Gasteiger partial charge in [-0.15, -0.1) is 0 Å². The summed E-state index contributed by atoms with van der Waals surface area (Å²) in [6.45, 7) is 1.92. The Morgan fingerprint density at radius 3 is 2.93 bits per heavy atom. The molecule has 6 heteroatoms. The number of imidazole rings is 1. The van der Waals surface area contributed by atoms with Gasteiger partial charge in [0, 0.05) is 41.1 Å². The number of ketones is 1. The largest absolute Gasteiger partial charge is 0.497 e. The fraction of sp³-hybridized carbons (Fsp3) is 0.143. The van der Waals surface area contributed by atoms with E-state index in [1.807, 2.05) is 66.2 Å². The summed E-state index contributed by atoms with van der Waals surface area (Å²) < 4.78 is 7.27. The fourth-order valence-corrected chi connectivity index (χ4v) is 3.99. The molecular formula is C21H19N3O2S. The van der Waals surface area contributed by atoms with Gasteiger partial charge in [0.1, 0.15) is 5.75 Å². The molecule has 0 saturated heterocycles. The normalized spacial score (nSPS) is 12.2. The standard InChI is InChI=1S/C21H19N3O2S/c1-14(20(25)18-13-23-19-9-4-3-8-17(18)19)27-21-22-10-11-24(21)15-6-5-7-16(12-15)26-2/h3-14,23H,1-2H3/t14-/m0/s1. The molecule has 0 aliphatic heterocycles. The van der Waals surface area contributed by atoms with Crippen molar-refractivity contribution in [2.75, 3.05) is 7.11 Å². The summed E-state index contributed by atoms with van der Waals surface area (Å²) in [5.41, 5.74) is 2.63. The first kappa shape index (κ1) is 17.4. The number of hydrogen-bond donors (Lipinski definition) is 1. The van der Waals surface area contributed by atoms with Crippen LogP contribution in [0.25, 0.3) is 16.6 Å². The first-order valence-electron chi connectivity index (χ1n) is 8.62. The Morgan fingerprint density at radius 1 is 1.22 bits per heavy atom. The van der Waals surface area contributed by atoms with Crippen LogP contribution < -0.4 is 4.74 Å². The first-order chi connectivity index (χ1) is 13.2. The van der Waals surface area contributed by atoms with E-state index in [1.165, 1.54) is 11.8 Å². The maximum Gasteiger partial charge on any atom is 0.178 e. The summed E-state index contributed by atoms with van der Waals surface area (Å²) in [4.78, 5) is 20.6. The molecule has 4 rings (SSSR count). The Bertz CT molecular complexity index is 1100. The van der Waals surface area contributed by atoms with Crippen LogP contribution in [0.2, 0.25) is 0 Å². The molecule has 0 radical (unpaired) electrons. The molecular weight excluding hydrogens is 358 g/mol. The van der Waals surface area contributed by atoms with Gasteiger partial charge in [0.15, 0.2) is 10.9 Å². The lowest BCUT2D eigenvalue weighted by molar-refractivity contribution is 0.0995. The average molecular weight is 377 g/mol. The number of carbonyl (C=O) groups excluding carboxylic acids is 1. The van der Waals surface area contributed by atoms with Gasteiger partial charge in [-0.1, -0.05) is 36.0 Å². The van der Waals surface area contributed by atoms with Crippen LogP contribution in [0.1, 0.15) is 17.3 Å². The number of aromatic nitrogens is 3. The van der Waals surface area contributed by atoms with Crippen molar-refractivity contribution in [3.63, 3.8) is 0 Å². The Hall–Kier alpha value is -2.99. The van der Waals surface area contributed by atoms with Crippen LogP contribution in [0, 0.1) is 0 Å². The number of Topliss-reactive ketones (excluding diaryl/α,β-unsaturated/α-hetero) is 1. The Kier molecular flexibility index (Phi) is 4.73. The molecule has 2 heterocycles. The number of rotatable bonds is 6. The molecule has 0 saturated carbocycles. The van der Waals surface area contributed by atoms with Crippen molar-refractivity contribution < 1.29 is 9.53 Å². The highest BCUT2D eigenvalue weighted by molar-refractivity contribution is 8.00. The van der Waals surface area contributed by atoms with E-state index in [1.54, 1.807) is 19.5 Å². The number of para-hydroxylation sites is 1. The van der Waals surface area contributed by atoms with Crippen LogP contribution in [0.4, 0.5) is 0 Å². The molecule has 136 valence electrons. The molecule has 0 spiro atoms. The second-order valence-corrected chi connectivity index (χ2v) is 7.46. The third-order valence-electron chi connectivity index (χ3n) is 4.44. The van der Waals surface area contributed by atoms with E-state index in [0.29, 0.717) is 5.56 Å². The first-order valence-corrected chi connectivity index (χ1v) is 9.50. The molecule has 0 bridgehead atoms. The molecule has 1 atom stereocenters. The van der Waals surface area contributed by atoms with Crippen LogP contribution in [0.15, 0.2) is 72.3 Å². The molecule has 2 aromatic carbocycles. The van der Waals surface area contributed by atoms with E-state index >= 15 is 0 Å². The van der Waals surface area contributed by atoms with Crippen molar-refractivity contribution in [1.82, 2.24) is 14.5 Å². The predicted octanol–water partition coefficient (Wildman–Crippen LogP) is 4.73. The summed E-state index contributed by atoms with van der Waals surface area (Å²) in [5, 5.41) is 1.45. The topological polar surface area (TPSA) is 59.9 Å². The highest BCUT2D eigenvalue weighted by atomic mass is 32.2. The summed E-state index contributed by atoms with van der Waals surface area (Å²) in [6.07, 6.45) is 5.42. The zero-order valence-electron chi connectivity index (χ0n) is 15.0. The number of aromatic amines is 1. The summed E-state index contributed by atoms with van der Waals surface area (Å²) in [5.74, 6) is 0.859. The Balaban J connectivity index is 1.59. The highest BCUT2D eigenvalue weighted by Crippen LogP contribution is 2.29. The molecule has 0 aliphatic carbocycles. The lowest BCUT2D eigenvalue weighted by atomic mass is 10.1. The number of H-pyrrole nitrogens is 1. The van der Waals surface area contributed by atoms with Crippen molar-refractivity contribution in [2.45, 2.75) is 17.3 Å². The zero-order valence-corrected chi connectivity index (χ0v) is 15.9. The third kappa shape index (κ3) is 3.36. The molecule has 5 nitrogen and oxygen atoms in total. The molecule has 2 aromatic heterocycles. The zero-order chi connectivity index (χ0) is 18.8. The van der Waals surface area contributed by atoms with Gasteiger partial charge < -0.3 is 9.72 Å². The Labute approximate surface area is 161 Å². The van der Waals surface area contributed by atoms with Gasteiger partial charge >= 0.3 is 0 Å². The second-order valence-electron chi connectivity index (χ2n) is 6.15. The van der Waals surface area contributed by atoms with Crippen molar-refractivity contribution >= 4 is 28.4 Å². The molecule has 4 aromatic rings. The lowest BCUT2D eigenvalue weighted by Gasteiger charge is -2.12. The molecule has 0 fully saturated rings. The van der Waals surface area contributed by atoms with Gasteiger partial charge in [-0.25, -0.2) is 4.98 Å². The fourth-order valence-electron chi connectivity index (χ4n) is 3.04. The minimum atomic E-state index is -0.268. The van der Waals surface area contributed by atoms with Crippen molar-refractivity contribution in [3.05, 3.63) is 72.7 Å². The van der Waals surface area contributed by atoms with E-state index < -0.39 is 0 Å². The molecule has 1 N–H and O–H groups in total. The van der Waals surface area contributed by atoms with E-state index in [2.05, 4.69) is 9.97 Å². The van der Waals surface area contributed by atoms with E-state index in [-0.39, 0.29) is 11.0 Å². The maximum atomic E-state index is 13.0. The van der Waals surface area contributed by atoms with Crippen molar-refractivity contribution in [1.29, 1.82) is 0 Å². The summed E-state index contributed by atoms with van der Waals surface area (Å²) >= 11 is 1.45. The number of methoxy groups -OCH3 is 1. The SMILES string of the molecule is COc1cccc(-n2ccnc2S[C@@H](C)C(=O)c2c[nH]c3ccccc23)c1. The number of hydrogen-bond acceptors (Lipinski definition) is 4. The van der Waals surface area contributed by atoms with Gasteiger partial charge in [0.05, 0.1) is 18.0 Å². The number of thioether (sulfide) groups is 1. The van der Waals surface area contributed by atoms with Crippen molar-refractivity contribution in [2.24, 2.45) is 0 Å². The van der Waals surface area contributed by atoms with Crippen LogP contribution in [-0.4, -0.2) is 32.7 Å². The van der Waals surface area contributed by atoms with Crippen LogP contribution in [0.3, 0.4) is 0 Å². The van der Waals surface area contributed by atoms with Gasteiger partial charge in [-0.2, -0.15) is 0 Å².